The van der Waals surface area contributed by atoms with Crippen LogP contribution in [-0.4, -0.2) is 28.1 Å². The second-order valence-corrected chi connectivity index (χ2v) is 5.37. The molecule has 96 valence electrons. The number of nitrogens with one attached hydrogen (secondary N) is 2. The highest BCUT2D eigenvalue weighted by Crippen LogP contribution is 2.16. The van der Waals surface area contributed by atoms with Crippen molar-refractivity contribution in [3.8, 4) is 0 Å². The third-order valence-corrected chi connectivity index (χ3v) is 3.77. The Kier molecular flexibility index (Phi) is 5.04. The summed E-state index contributed by atoms with van der Waals surface area (Å²) in [4.78, 5) is -0.297. The van der Waals surface area contributed by atoms with Gasteiger partial charge in [0.25, 0.3) is 0 Å². The summed E-state index contributed by atoms with van der Waals surface area (Å²) in [6.07, 6.45) is 0. The number of rotatable bonds is 6. The summed E-state index contributed by atoms with van der Waals surface area (Å²) >= 11 is 0. The Morgan fingerprint density at radius 2 is 2.00 bits per heavy atom. The van der Waals surface area contributed by atoms with Gasteiger partial charge in [-0.05, 0) is 25.1 Å². The quantitative estimate of drug-likeness (QED) is 0.751. The van der Waals surface area contributed by atoms with Crippen LogP contribution in [0.1, 0.15) is 12.5 Å². The van der Waals surface area contributed by atoms with E-state index in [1.54, 1.807) is 0 Å². The standard InChI is InChI=1S/C11H17FN2O2S/c1-3-13-7-8-14-17(15,16)10-6-4-5-9(2)11(10)12/h4-6,13-14H,3,7-8H2,1-2H3. The predicted octanol–water partition coefficient (Wildman–Crippen LogP) is 1.02. The molecule has 1 aromatic rings. The van der Waals surface area contributed by atoms with E-state index in [4.69, 9.17) is 0 Å². The lowest BCUT2D eigenvalue weighted by atomic mass is 10.2. The van der Waals surface area contributed by atoms with Crippen molar-refractivity contribution >= 4 is 10.0 Å². The number of aryl methyl sites for hydroxylation is 1. The predicted molar refractivity (Wildman–Crippen MR) is 64.9 cm³/mol. The van der Waals surface area contributed by atoms with Crippen LogP contribution in [0.4, 0.5) is 4.39 Å². The maximum absolute atomic E-state index is 13.6. The summed E-state index contributed by atoms with van der Waals surface area (Å²) in [6, 6.07) is 4.32. The molecule has 1 rings (SSSR count). The minimum atomic E-state index is -3.76. The highest BCUT2D eigenvalue weighted by Gasteiger charge is 2.19. The molecule has 17 heavy (non-hydrogen) atoms. The average Bonchev–Trinajstić information content (AvgIpc) is 2.28. The van der Waals surface area contributed by atoms with Crippen LogP contribution >= 0.6 is 0 Å². The molecule has 0 heterocycles. The zero-order chi connectivity index (χ0) is 12.9. The van der Waals surface area contributed by atoms with Gasteiger partial charge >= 0.3 is 0 Å². The molecular weight excluding hydrogens is 243 g/mol. The second kappa shape index (κ2) is 6.09. The first-order chi connectivity index (χ1) is 7.99. The van der Waals surface area contributed by atoms with Gasteiger partial charge < -0.3 is 5.32 Å². The summed E-state index contributed by atoms with van der Waals surface area (Å²) in [6.45, 7) is 4.98. The molecule has 0 amide bonds. The highest BCUT2D eigenvalue weighted by molar-refractivity contribution is 7.89. The van der Waals surface area contributed by atoms with Gasteiger partial charge in [-0.25, -0.2) is 17.5 Å². The van der Waals surface area contributed by atoms with Crippen molar-refractivity contribution in [3.63, 3.8) is 0 Å². The van der Waals surface area contributed by atoms with Gasteiger partial charge in [-0.1, -0.05) is 19.1 Å². The first kappa shape index (κ1) is 14.1. The first-order valence-corrected chi connectivity index (χ1v) is 6.93. The molecule has 0 saturated carbocycles. The number of benzene rings is 1. The third kappa shape index (κ3) is 3.76. The fourth-order valence-electron chi connectivity index (χ4n) is 1.36. The molecule has 0 spiro atoms. The summed E-state index contributed by atoms with van der Waals surface area (Å²) in [5.74, 6) is -0.691. The molecule has 0 unspecified atom stereocenters. The molecule has 0 saturated heterocycles. The minimum Gasteiger partial charge on any atom is -0.316 e. The molecule has 0 aromatic heterocycles. The van der Waals surface area contributed by atoms with Crippen LogP contribution in [0.25, 0.3) is 0 Å². The van der Waals surface area contributed by atoms with Gasteiger partial charge in [0.2, 0.25) is 10.0 Å². The molecule has 0 aliphatic heterocycles. The molecule has 0 bridgehead atoms. The van der Waals surface area contributed by atoms with Crippen molar-refractivity contribution in [2.75, 3.05) is 19.6 Å². The fourth-order valence-corrected chi connectivity index (χ4v) is 2.54. The van der Waals surface area contributed by atoms with E-state index in [-0.39, 0.29) is 11.4 Å². The van der Waals surface area contributed by atoms with Crippen LogP contribution in [0.2, 0.25) is 0 Å². The van der Waals surface area contributed by atoms with E-state index in [1.807, 2.05) is 6.92 Å². The van der Waals surface area contributed by atoms with Gasteiger partial charge in [-0.3, -0.25) is 0 Å². The molecule has 0 aliphatic carbocycles. The molecule has 4 nitrogen and oxygen atoms in total. The van der Waals surface area contributed by atoms with Crippen LogP contribution in [0, 0.1) is 12.7 Å². The van der Waals surface area contributed by atoms with Gasteiger partial charge in [0.15, 0.2) is 0 Å². The lowest BCUT2D eigenvalue weighted by molar-refractivity contribution is 0.551. The largest absolute Gasteiger partial charge is 0.316 e. The summed E-state index contributed by atoms with van der Waals surface area (Å²) in [5.41, 5.74) is 0.319. The number of likely N-dealkylation sites (N-methyl/N-ethyl adjacent to an activating group) is 1. The molecule has 0 fully saturated rings. The van der Waals surface area contributed by atoms with E-state index < -0.39 is 15.8 Å². The van der Waals surface area contributed by atoms with E-state index in [0.29, 0.717) is 12.1 Å². The van der Waals surface area contributed by atoms with Crippen molar-refractivity contribution in [2.45, 2.75) is 18.7 Å². The Balaban J connectivity index is 2.79. The van der Waals surface area contributed by atoms with E-state index in [1.165, 1.54) is 25.1 Å². The maximum Gasteiger partial charge on any atom is 0.243 e. The number of sulfonamides is 1. The SMILES string of the molecule is CCNCCNS(=O)(=O)c1cccc(C)c1F. The molecule has 0 atom stereocenters. The molecule has 1 aromatic carbocycles. The topological polar surface area (TPSA) is 58.2 Å². The lowest BCUT2D eigenvalue weighted by Crippen LogP contribution is -2.32. The summed E-state index contributed by atoms with van der Waals surface area (Å²) in [7, 11) is -3.76. The average molecular weight is 260 g/mol. The van der Waals surface area contributed by atoms with Gasteiger partial charge in [-0.15, -0.1) is 0 Å². The van der Waals surface area contributed by atoms with Crippen molar-refractivity contribution in [2.24, 2.45) is 0 Å². The Labute approximate surface area is 101 Å². The molecule has 6 heteroatoms. The monoisotopic (exact) mass is 260 g/mol. The van der Waals surface area contributed by atoms with Crippen molar-refractivity contribution < 1.29 is 12.8 Å². The van der Waals surface area contributed by atoms with Crippen molar-refractivity contribution in [1.29, 1.82) is 0 Å². The van der Waals surface area contributed by atoms with E-state index in [0.717, 1.165) is 6.54 Å². The van der Waals surface area contributed by atoms with Crippen LogP contribution in [0.3, 0.4) is 0 Å². The number of halogens is 1. The van der Waals surface area contributed by atoms with Crippen LogP contribution in [-0.2, 0) is 10.0 Å². The van der Waals surface area contributed by atoms with Gasteiger partial charge in [0, 0.05) is 13.1 Å². The second-order valence-electron chi connectivity index (χ2n) is 3.64. The van der Waals surface area contributed by atoms with Crippen molar-refractivity contribution in [3.05, 3.63) is 29.6 Å². The Morgan fingerprint density at radius 3 is 2.65 bits per heavy atom. The fraction of sp³-hybridized carbons (Fsp3) is 0.455. The number of hydrogen-bond acceptors (Lipinski definition) is 3. The number of hydrogen-bond donors (Lipinski definition) is 2. The van der Waals surface area contributed by atoms with Gasteiger partial charge in [-0.2, -0.15) is 0 Å². The van der Waals surface area contributed by atoms with Gasteiger partial charge in [0.1, 0.15) is 10.7 Å². The first-order valence-electron chi connectivity index (χ1n) is 5.44. The van der Waals surface area contributed by atoms with Crippen LogP contribution in [0.15, 0.2) is 23.1 Å². The maximum atomic E-state index is 13.6. The normalized spacial score (nSPS) is 11.7. The van der Waals surface area contributed by atoms with Crippen LogP contribution in [0.5, 0.6) is 0 Å². The Hall–Kier alpha value is -0.980. The Bertz CT molecular complexity index is 474. The zero-order valence-corrected chi connectivity index (χ0v) is 10.8. The molecular formula is C11H17FN2O2S. The zero-order valence-electron chi connectivity index (χ0n) is 9.96. The van der Waals surface area contributed by atoms with E-state index >= 15 is 0 Å². The minimum absolute atomic E-state index is 0.240. The van der Waals surface area contributed by atoms with Gasteiger partial charge in [0.05, 0.1) is 0 Å². The van der Waals surface area contributed by atoms with Crippen molar-refractivity contribution in [1.82, 2.24) is 10.0 Å². The Morgan fingerprint density at radius 1 is 1.29 bits per heavy atom. The summed E-state index contributed by atoms with van der Waals surface area (Å²) in [5, 5.41) is 2.98. The van der Waals surface area contributed by atoms with E-state index in [9.17, 15) is 12.8 Å². The third-order valence-electron chi connectivity index (χ3n) is 2.29. The summed E-state index contributed by atoms with van der Waals surface area (Å²) < 4.78 is 39.6. The highest BCUT2D eigenvalue weighted by atomic mass is 32.2. The molecule has 0 radical (unpaired) electrons. The smallest absolute Gasteiger partial charge is 0.243 e. The van der Waals surface area contributed by atoms with Crippen LogP contribution < -0.4 is 10.0 Å². The molecule has 0 aliphatic rings. The lowest BCUT2D eigenvalue weighted by Gasteiger charge is -2.08. The molecule has 2 N–H and O–H groups in total. The van der Waals surface area contributed by atoms with E-state index in [2.05, 4.69) is 10.0 Å².